The van der Waals surface area contributed by atoms with E-state index in [0.717, 1.165) is 0 Å². The maximum Gasteiger partial charge on any atom is 0.354 e. The number of aromatic nitrogens is 1. The summed E-state index contributed by atoms with van der Waals surface area (Å²) in [6.07, 6.45) is 2.01. The minimum absolute atomic E-state index is 0.240. The Labute approximate surface area is 102 Å². The quantitative estimate of drug-likeness (QED) is 0.809. The Morgan fingerprint density at radius 3 is 2.71 bits per heavy atom. The van der Waals surface area contributed by atoms with Crippen LogP contribution < -0.4 is 5.73 Å². The van der Waals surface area contributed by atoms with Crippen LogP contribution in [0.1, 0.15) is 35.8 Å². The van der Waals surface area contributed by atoms with Gasteiger partial charge in [0.1, 0.15) is 5.69 Å². The van der Waals surface area contributed by atoms with Crippen LogP contribution in [-0.2, 0) is 11.8 Å². The topological polar surface area (TPSA) is 57.2 Å². The molecule has 1 aliphatic carbocycles. The molecule has 0 aliphatic heterocycles. The highest BCUT2D eigenvalue weighted by atomic mass is 16.5. The summed E-state index contributed by atoms with van der Waals surface area (Å²) in [6, 6.07) is 1.92. The van der Waals surface area contributed by atoms with Crippen molar-refractivity contribution in [3.63, 3.8) is 0 Å². The number of nitrogens with zero attached hydrogens (tertiary/aromatic N) is 1. The van der Waals surface area contributed by atoms with E-state index in [9.17, 15) is 4.79 Å². The summed E-state index contributed by atoms with van der Waals surface area (Å²) in [4.78, 5) is 11.5. The van der Waals surface area contributed by atoms with Gasteiger partial charge in [-0.25, -0.2) is 4.79 Å². The summed E-state index contributed by atoms with van der Waals surface area (Å²) in [5.41, 5.74) is 7.80. The van der Waals surface area contributed by atoms with Gasteiger partial charge < -0.3 is 15.0 Å². The van der Waals surface area contributed by atoms with Crippen LogP contribution in [0.5, 0.6) is 0 Å². The molecule has 17 heavy (non-hydrogen) atoms. The monoisotopic (exact) mass is 236 g/mol. The number of carbonyl (C=O) groups excluding carboxylic acids is 1. The molecule has 0 aromatic carbocycles. The summed E-state index contributed by atoms with van der Waals surface area (Å²) < 4.78 is 6.57. The SMILES string of the molecule is COC(=O)c1cc([C@H]2[C@H](CN)C2(C)C)cn1C. The summed E-state index contributed by atoms with van der Waals surface area (Å²) >= 11 is 0. The smallest absolute Gasteiger partial charge is 0.354 e. The van der Waals surface area contributed by atoms with E-state index in [1.807, 2.05) is 23.9 Å². The van der Waals surface area contributed by atoms with Crippen molar-refractivity contribution >= 4 is 5.97 Å². The zero-order chi connectivity index (χ0) is 12.8. The molecule has 0 saturated heterocycles. The van der Waals surface area contributed by atoms with Crippen LogP contribution in [-0.4, -0.2) is 24.2 Å². The van der Waals surface area contributed by atoms with Crippen molar-refractivity contribution in [1.29, 1.82) is 0 Å². The number of nitrogens with two attached hydrogens (primary N) is 1. The fourth-order valence-corrected chi connectivity index (χ4v) is 2.91. The van der Waals surface area contributed by atoms with E-state index in [0.29, 0.717) is 24.1 Å². The molecule has 0 spiro atoms. The van der Waals surface area contributed by atoms with E-state index in [-0.39, 0.29) is 11.4 Å². The Balaban J connectivity index is 2.28. The van der Waals surface area contributed by atoms with Crippen LogP contribution in [0.2, 0.25) is 0 Å². The Hall–Kier alpha value is -1.29. The third-order valence-corrected chi connectivity index (χ3v) is 4.08. The van der Waals surface area contributed by atoms with Crippen LogP contribution in [0.3, 0.4) is 0 Å². The van der Waals surface area contributed by atoms with Gasteiger partial charge in [-0.15, -0.1) is 0 Å². The number of rotatable bonds is 3. The lowest BCUT2D eigenvalue weighted by Crippen LogP contribution is -2.06. The Morgan fingerprint density at radius 1 is 1.59 bits per heavy atom. The molecule has 1 aromatic heterocycles. The molecule has 0 unspecified atom stereocenters. The van der Waals surface area contributed by atoms with E-state index in [2.05, 4.69) is 13.8 Å². The molecule has 0 bridgehead atoms. The third kappa shape index (κ3) is 1.76. The van der Waals surface area contributed by atoms with Gasteiger partial charge in [-0.3, -0.25) is 0 Å². The van der Waals surface area contributed by atoms with Crippen molar-refractivity contribution in [1.82, 2.24) is 4.57 Å². The molecular formula is C13H20N2O2. The van der Waals surface area contributed by atoms with Gasteiger partial charge >= 0.3 is 5.97 Å². The molecule has 0 amide bonds. The Morgan fingerprint density at radius 2 is 2.24 bits per heavy atom. The van der Waals surface area contributed by atoms with Gasteiger partial charge in [0.2, 0.25) is 0 Å². The number of carbonyl (C=O) groups is 1. The lowest BCUT2D eigenvalue weighted by molar-refractivity contribution is 0.0590. The predicted octanol–water partition coefficient (Wildman–Crippen LogP) is 1.51. The second-order valence-corrected chi connectivity index (χ2v) is 5.40. The van der Waals surface area contributed by atoms with Gasteiger partial charge in [0, 0.05) is 13.2 Å². The molecular weight excluding hydrogens is 216 g/mol. The molecule has 1 aliphatic rings. The van der Waals surface area contributed by atoms with Gasteiger partial charge in [-0.05, 0) is 35.4 Å². The number of esters is 1. The minimum atomic E-state index is -0.290. The maximum atomic E-state index is 11.5. The first-order valence-corrected chi connectivity index (χ1v) is 5.88. The van der Waals surface area contributed by atoms with Gasteiger partial charge in [0.05, 0.1) is 7.11 Å². The number of hydrogen-bond acceptors (Lipinski definition) is 3. The fraction of sp³-hybridized carbons (Fsp3) is 0.615. The second-order valence-electron chi connectivity index (χ2n) is 5.40. The number of ether oxygens (including phenoxy) is 1. The van der Waals surface area contributed by atoms with Crippen molar-refractivity contribution in [2.45, 2.75) is 19.8 Å². The van der Waals surface area contributed by atoms with Gasteiger partial charge in [-0.1, -0.05) is 13.8 Å². The van der Waals surface area contributed by atoms with Gasteiger partial charge in [0.25, 0.3) is 0 Å². The highest BCUT2D eigenvalue weighted by molar-refractivity contribution is 5.88. The van der Waals surface area contributed by atoms with Crippen LogP contribution in [0.15, 0.2) is 12.3 Å². The van der Waals surface area contributed by atoms with Gasteiger partial charge in [0.15, 0.2) is 0 Å². The first-order chi connectivity index (χ1) is 7.93. The van der Waals surface area contributed by atoms with Crippen molar-refractivity contribution in [3.05, 3.63) is 23.5 Å². The zero-order valence-corrected chi connectivity index (χ0v) is 10.9. The Bertz CT molecular complexity index is 448. The lowest BCUT2D eigenvalue weighted by Gasteiger charge is -1.99. The predicted molar refractivity (Wildman–Crippen MR) is 65.8 cm³/mol. The summed E-state index contributed by atoms with van der Waals surface area (Å²) in [5.74, 6) is 0.675. The first kappa shape index (κ1) is 12.2. The zero-order valence-electron chi connectivity index (χ0n) is 10.9. The third-order valence-electron chi connectivity index (χ3n) is 4.08. The summed E-state index contributed by atoms with van der Waals surface area (Å²) in [5, 5.41) is 0. The standard InChI is InChI=1S/C13H20N2O2/c1-13(2)9(6-14)11(13)8-5-10(12(16)17-4)15(3)7-8/h5,7,9,11H,6,14H2,1-4H3/t9-,11-/m0/s1. The second kappa shape index (κ2) is 3.88. The molecule has 2 atom stereocenters. The highest BCUT2D eigenvalue weighted by Crippen LogP contribution is 2.63. The van der Waals surface area contributed by atoms with E-state index < -0.39 is 0 Å². The van der Waals surface area contributed by atoms with Crippen molar-refractivity contribution in [3.8, 4) is 0 Å². The molecule has 1 aromatic rings. The average molecular weight is 236 g/mol. The molecule has 4 nitrogen and oxygen atoms in total. The van der Waals surface area contributed by atoms with E-state index >= 15 is 0 Å². The van der Waals surface area contributed by atoms with Crippen molar-refractivity contribution in [2.75, 3.05) is 13.7 Å². The van der Waals surface area contributed by atoms with E-state index in [1.54, 1.807) is 0 Å². The van der Waals surface area contributed by atoms with Crippen molar-refractivity contribution in [2.24, 2.45) is 24.1 Å². The minimum Gasteiger partial charge on any atom is -0.464 e. The van der Waals surface area contributed by atoms with E-state index in [1.165, 1.54) is 12.7 Å². The van der Waals surface area contributed by atoms with Crippen LogP contribution >= 0.6 is 0 Å². The fourth-order valence-electron chi connectivity index (χ4n) is 2.91. The maximum absolute atomic E-state index is 11.5. The van der Waals surface area contributed by atoms with Crippen LogP contribution in [0.4, 0.5) is 0 Å². The first-order valence-electron chi connectivity index (χ1n) is 5.88. The molecule has 0 radical (unpaired) electrons. The number of aryl methyl sites for hydroxylation is 1. The molecule has 4 heteroatoms. The lowest BCUT2D eigenvalue weighted by atomic mass is 10.1. The molecule has 1 heterocycles. The Kier molecular flexibility index (Phi) is 2.78. The van der Waals surface area contributed by atoms with Gasteiger partial charge in [-0.2, -0.15) is 0 Å². The molecule has 1 fully saturated rings. The van der Waals surface area contributed by atoms with Crippen LogP contribution in [0.25, 0.3) is 0 Å². The average Bonchev–Trinajstić information content (AvgIpc) is 2.63. The van der Waals surface area contributed by atoms with E-state index in [4.69, 9.17) is 10.5 Å². The normalized spacial score (nSPS) is 25.7. The van der Waals surface area contributed by atoms with Crippen LogP contribution in [0, 0.1) is 11.3 Å². The molecule has 2 rings (SSSR count). The highest BCUT2D eigenvalue weighted by Gasteiger charge is 2.57. The number of methoxy groups -OCH3 is 1. The summed E-state index contributed by atoms with van der Waals surface area (Å²) in [7, 11) is 3.27. The van der Waals surface area contributed by atoms with Crippen molar-refractivity contribution < 1.29 is 9.53 Å². The largest absolute Gasteiger partial charge is 0.464 e. The molecule has 94 valence electrons. The summed E-state index contributed by atoms with van der Waals surface area (Å²) in [6.45, 7) is 5.14. The number of hydrogen-bond donors (Lipinski definition) is 1. The molecule has 1 saturated carbocycles. The molecule has 2 N–H and O–H groups in total.